The molecule has 0 fully saturated rings. The number of rotatable bonds is 15. The van der Waals surface area contributed by atoms with Crippen molar-refractivity contribution < 1.29 is 0 Å². The van der Waals surface area contributed by atoms with Gasteiger partial charge in [0.1, 0.15) is 11.4 Å². The summed E-state index contributed by atoms with van der Waals surface area (Å²) in [6.07, 6.45) is 0. The maximum atomic E-state index is 4.31. The van der Waals surface area contributed by atoms with Crippen LogP contribution < -0.4 is 20.4 Å². The molecule has 0 aliphatic rings. The lowest BCUT2D eigenvalue weighted by molar-refractivity contribution is 0.767. The Bertz CT molecular complexity index is 753. The Morgan fingerprint density at radius 2 is 0.969 bits per heavy atom. The highest BCUT2D eigenvalue weighted by molar-refractivity contribution is 9.26. The van der Waals surface area contributed by atoms with Crippen molar-refractivity contribution in [1.29, 1.82) is 0 Å². The second kappa shape index (κ2) is 14.7. The average molecular weight is 517 g/mol. The molecule has 0 atom stereocenters. The minimum atomic E-state index is 0.769. The summed E-state index contributed by atoms with van der Waals surface area (Å²) in [4.78, 5) is 4.49. The quantitative estimate of drug-likeness (QED) is 0.252. The van der Waals surface area contributed by atoms with Crippen LogP contribution in [-0.4, -0.2) is 70.1 Å². The van der Waals surface area contributed by atoms with E-state index in [2.05, 4.69) is 78.9 Å². The summed E-state index contributed by atoms with van der Waals surface area (Å²) in [5, 5.41) is 33.3. The molecular weight excluding hydrogens is 485 g/mol. The Hall–Kier alpha value is -1.38. The maximum absolute atomic E-state index is 4.31. The minimum absolute atomic E-state index is 0.769. The molecule has 32 heavy (non-hydrogen) atoms. The first-order valence-electron chi connectivity index (χ1n) is 10.8. The monoisotopic (exact) mass is 516 g/mol. The SMILES string of the molecule is CCNc1nnnc(SSSSc2nnnc(NCC)c2N(CC)CC)c1N(CC)CC. The summed E-state index contributed by atoms with van der Waals surface area (Å²) in [6.45, 7) is 17.6. The van der Waals surface area contributed by atoms with Crippen LogP contribution in [0.25, 0.3) is 0 Å². The molecule has 0 aliphatic carbocycles. The highest BCUT2D eigenvalue weighted by atomic mass is 33.7. The zero-order valence-corrected chi connectivity index (χ0v) is 22.7. The summed E-state index contributed by atoms with van der Waals surface area (Å²) in [5.74, 6) is 1.54. The van der Waals surface area contributed by atoms with Gasteiger partial charge in [-0.1, -0.05) is 0 Å². The maximum Gasteiger partial charge on any atom is 0.177 e. The van der Waals surface area contributed by atoms with Crippen LogP contribution in [0, 0.1) is 0 Å². The largest absolute Gasteiger partial charge is 0.367 e. The zero-order valence-electron chi connectivity index (χ0n) is 19.5. The van der Waals surface area contributed by atoms with Crippen molar-refractivity contribution in [1.82, 2.24) is 30.8 Å². The third-order valence-electron chi connectivity index (χ3n) is 4.52. The van der Waals surface area contributed by atoms with E-state index in [0.29, 0.717) is 0 Å². The molecule has 2 heterocycles. The van der Waals surface area contributed by atoms with E-state index in [1.54, 1.807) is 41.2 Å². The molecule has 0 amide bonds. The third kappa shape index (κ3) is 7.06. The summed E-state index contributed by atoms with van der Waals surface area (Å²) < 4.78 is 0. The van der Waals surface area contributed by atoms with Crippen LogP contribution in [0.2, 0.25) is 0 Å². The molecular formula is C18H32N10S4. The number of anilines is 4. The highest BCUT2D eigenvalue weighted by Crippen LogP contribution is 2.52. The Labute approximate surface area is 205 Å². The molecule has 2 rings (SSSR count). The molecule has 0 aliphatic heterocycles. The molecule has 0 radical (unpaired) electrons. The standard InChI is InChI=1S/C18H32N10S4/c1-7-19-15-13(27(9-3)10-4)17(23-25-21-15)29-31-32-30-18-14(28(11-5)12-6)16(20-8-2)22-26-24-18/h7-12H2,1-6H3,(H,19,21,23)(H,20,22,24). The summed E-state index contributed by atoms with van der Waals surface area (Å²) in [6, 6.07) is 0. The van der Waals surface area contributed by atoms with Gasteiger partial charge in [0.2, 0.25) is 0 Å². The van der Waals surface area contributed by atoms with E-state index >= 15 is 0 Å². The number of nitrogens with one attached hydrogen (secondary N) is 2. The number of hydrogen-bond acceptors (Lipinski definition) is 14. The van der Waals surface area contributed by atoms with Crippen molar-refractivity contribution >= 4 is 64.3 Å². The van der Waals surface area contributed by atoms with E-state index in [0.717, 1.165) is 72.3 Å². The van der Waals surface area contributed by atoms with Gasteiger partial charge in [-0.05, 0) is 93.2 Å². The van der Waals surface area contributed by atoms with Crippen LogP contribution >= 0.6 is 41.2 Å². The van der Waals surface area contributed by atoms with E-state index in [-0.39, 0.29) is 0 Å². The fourth-order valence-corrected chi connectivity index (χ4v) is 8.36. The Kier molecular flexibility index (Phi) is 12.3. The van der Waals surface area contributed by atoms with Gasteiger partial charge >= 0.3 is 0 Å². The molecule has 0 bridgehead atoms. The van der Waals surface area contributed by atoms with Gasteiger partial charge < -0.3 is 20.4 Å². The lowest BCUT2D eigenvalue weighted by Crippen LogP contribution is -2.25. The fourth-order valence-electron chi connectivity index (χ4n) is 3.03. The zero-order chi connectivity index (χ0) is 23.3. The van der Waals surface area contributed by atoms with Gasteiger partial charge in [-0.3, -0.25) is 0 Å². The van der Waals surface area contributed by atoms with Crippen LogP contribution in [-0.2, 0) is 0 Å². The van der Waals surface area contributed by atoms with Crippen LogP contribution in [0.4, 0.5) is 23.0 Å². The third-order valence-corrected chi connectivity index (χ3v) is 10.3. The second-order valence-corrected chi connectivity index (χ2v) is 11.9. The first kappa shape index (κ1) is 26.9. The Morgan fingerprint density at radius 3 is 1.28 bits per heavy atom. The molecule has 10 nitrogen and oxygen atoms in total. The molecule has 2 aromatic rings. The van der Waals surface area contributed by atoms with Crippen LogP contribution in [0.5, 0.6) is 0 Å². The van der Waals surface area contributed by atoms with E-state index in [9.17, 15) is 0 Å². The van der Waals surface area contributed by atoms with Crippen molar-refractivity contribution in [2.24, 2.45) is 0 Å². The van der Waals surface area contributed by atoms with Crippen molar-refractivity contribution in [3.8, 4) is 0 Å². The van der Waals surface area contributed by atoms with E-state index in [1.165, 1.54) is 0 Å². The molecule has 0 saturated heterocycles. The van der Waals surface area contributed by atoms with Gasteiger partial charge in [0.05, 0.1) is 0 Å². The first-order valence-corrected chi connectivity index (χ1v) is 15.6. The van der Waals surface area contributed by atoms with Gasteiger partial charge in [-0.25, -0.2) is 0 Å². The second-order valence-electron chi connectivity index (χ2n) is 6.29. The van der Waals surface area contributed by atoms with Crippen molar-refractivity contribution in [3.63, 3.8) is 0 Å². The average Bonchev–Trinajstić information content (AvgIpc) is 2.81. The summed E-state index contributed by atoms with van der Waals surface area (Å²) in [5.41, 5.74) is 1.99. The lowest BCUT2D eigenvalue weighted by Gasteiger charge is -2.24. The van der Waals surface area contributed by atoms with Crippen molar-refractivity contribution in [2.75, 3.05) is 59.7 Å². The predicted octanol–water partition coefficient (Wildman–Crippen LogP) is 4.71. The van der Waals surface area contributed by atoms with Gasteiger partial charge in [-0.2, -0.15) is 0 Å². The summed E-state index contributed by atoms with van der Waals surface area (Å²) in [7, 11) is 6.39. The molecule has 14 heteroatoms. The molecule has 0 spiro atoms. The molecule has 0 aromatic carbocycles. The van der Waals surface area contributed by atoms with Gasteiger partial charge in [0, 0.05) is 39.3 Å². The number of nitrogens with zero attached hydrogens (tertiary/aromatic N) is 8. The Morgan fingerprint density at radius 1 is 0.594 bits per heavy atom. The Balaban J connectivity index is 2.16. The lowest BCUT2D eigenvalue weighted by atomic mass is 10.4. The van der Waals surface area contributed by atoms with E-state index in [4.69, 9.17) is 0 Å². The molecule has 0 unspecified atom stereocenters. The first-order chi connectivity index (χ1) is 15.6. The molecule has 0 saturated carbocycles. The van der Waals surface area contributed by atoms with Crippen LogP contribution in [0.1, 0.15) is 41.5 Å². The van der Waals surface area contributed by atoms with Gasteiger partial charge in [0.15, 0.2) is 21.7 Å². The van der Waals surface area contributed by atoms with E-state index in [1.807, 2.05) is 13.8 Å². The van der Waals surface area contributed by atoms with Crippen LogP contribution in [0.3, 0.4) is 0 Å². The van der Waals surface area contributed by atoms with Crippen molar-refractivity contribution in [2.45, 2.75) is 51.6 Å². The molecule has 178 valence electrons. The van der Waals surface area contributed by atoms with Crippen molar-refractivity contribution in [3.05, 3.63) is 0 Å². The van der Waals surface area contributed by atoms with E-state index < -0.39 is 0 Å². The number of hydrogen-bond donors (Lipinski definition) is 2. The topological polar surface area (TPSA) is 108 Å². The molecule has 2 aromatic heterocycles. The fraction of sp³-hybridized carbons (Fsp3) is 0.667. The molecule has 2 N–H and O–H groups in total. The van der Waals surface area contributed by atoms with Gasteiger partial charge in [-0.15, -0.1) is 20.4 Å². The highest BCUT2D eigenvalue weighted by Gasteiger charge is 2.20. The predicted molar refractivity (Wildman–Crippen MR) is 142 cm³/mol. The van der Waals surface area contributed by atoms with Gasteiger partial charge in [0.25, 0.3) is 0 Å². The summed E-state index contributed by atoms with van der Waals surface area (Å²) >= 11 is 0. The van der Waals surface area contributed by atoms with Crippen LogP contribution in [0.15, 0.2) is 10.1 Å². The normalized spacial score (nSPS) is 10.8. The minimum Gasteiger partial charge on any atom is -0.367 e. The smallest absolute Gasteiger partial charge is 0.177 e. The number of aromatic nitrogens is 6.